The van der Waals surface area contributed by atoms with E-state index in [0.717, 1.165) is 48.6 Å². The monoisotopic (exact) mass is 332 g/mol. The summed E-state index contributed by atoms with van der Waals surface area (Å²) in [6.45, 7) is 3.06. The van der Waals surface area contributed by atoms with E-state index in [9.17, 15) is 9.90 Å². The number of ether oxygens (including phenoxy) is 2. The van der Waals surface area contributed by atoms with E-state index in [2.05, 4.69) is 0 Å². The molecular weight excluding hydrogens is 308 g/mol. The maximum atomic E-state index is 12.1. The average molecular weight is 332 g/mol. The zero-order valence-electron chi connectivity index (χ0n) is 14.0. The molecule has 5 nitrogen and oxygen atoms in total. The molecule has 1 unspecified atom stereocenters. The number of benzene rings is 1. The van der Waals surface area contributed by atoms with Crippen LogP contribution in [-0.4, -0.2) is 31.0 Å². The molecule has 0 amide bonds. The molecule has 1 aromatic carbocycles. The van der Waals surface area contributed by atoms with Gasteiger partial charge in [0.05, 0.1) is 12.0 Å². The van der Waals surface area contributed by atoms with E-state index in [1.807, 2.05) is 13.0 Å². The van der Waals surface area contributed by atoms with Crippen LogP contribution in [0.4, 0.5) is 0 Å². The molecule has 0 spiro atoms. The minimum Gasteiger partial charge on any atom is -0.490 e. The Morgan fingerprint density at radius 3 is 2.79 bits per heavy atom. The third-order valence-corrected chi connectivity index (χ3v) is 4.30. The average Bonchev–Trinajstić information content (AvgIpc) is 2.60. The van der Waals surface area contributed by atoms with Gasteiger partial charge in [-0.25, -0.2) is 4.79 Å². The first-order chi connectivity index (χ1) is 11.7. The summed E-state index contributed by atoms with van der Waals surface area (Å²) in [5.41, 5.74) is 2.13. The van der Waals surface area contributed by atoms with Gasteiger partial charge in [-0.15, -0.1) is 0 Å². The molecule has 1 N–H and O–H groups in total. The van der Waals surface area contributed by atoms with E-state index in [1.165, 1.54) is 0 Å². The van der Waals surface area contributed by atoms with Crippen molar-refractivity contribution in [1.82, 2.24) is 0 Å². The Kier molecular flexibility index (Phi) is 5.53. The molecule has 1 heterocycles. The summed E-state index contributed by atoms with van der Waals surface area (Å²) in [5.74, 6) is 0.656. The second kappa shape index (κ2) is 7.81. The second-order valence-corrected chi connectivity index (χ2v) is 6.22. The van der Waals surface area contributed by atoms with Crippen LogP contribution in [-0.2, 0) is 17.6 Å². The molecule has 1 aliphatic carbocycles. The Labute approximate surface area is 141 Å². The molecule has 2 aromatic rings. The molecule has 0 fully saturated rings. The number of fused-ring (bicyclic) bond motifs is 3. The zero-order chi connectivity index (χ0) is 16.9. The molecule has 0 aliphatic heterocycles. The van der Waals surface area contributed by atoms with Crippen molar-refractivity contribution in [2.24, 2.45) is 0 Å². The first-order valence-electron chi connectivity index (χ1n) is 8.67. The first-order valence-corrected chi connectivity index (χ1v) is 8.67. The molecule has 5 heteroatoms. The highest BCUT2D eigenvalue weighted by Gasteiger charge is 2.20. The largest absolute Gasteiger partial charge is 0.490 e. The quantitative estimate of drug-likeness (QED) is 0.624. The Balaban J connectivity index is 1.84. The van der Waals surface area contributed by atoms with E-state index in [-0.39, 0.29) is 18.8 Å². The van der Waals surface area contributed by atoms with E-state index < -0.39 is 6.10 Å². The number of aryl methyl sites for hydroxylation is 1. The Morgan fingerprint density at radius 2 is 2.00 bits per heavy atom. The van der Waals surface area contributed by atoms with Crippen LogP contribution in [0.3, 0.4) is 0 Å². The topological polar surface area (TPSA) is 68.9 Å². The predicted octanol–water partition coefficient (Wildman–Crippen LogP) is 2.84. The lowest BCUT2D eigenvalue weighted by Crippen LogP contribution is -2.24. The number of hydrogen-bond donors (Lipinski definition) is 1. The molecule has 1 aliphatic rings. The summed E-state index contributed by atoms with van der Waals surface area (Å²) in [6, 6.07) is 5.45. The fourth-order valence-electron chi connectivity index (χ4n) is 3.18. The third-order valence-electron chi connectivity index (χ3n) is 4.30. The highest BCUT2D eigenvalue weighted by molar-refractivity contribution is 5.87. The van der Waals surface area contributed by atoms with E-state index >= 15 is 0 Å². The number of aliphatic hydroxyl groups excluding tert-OH is 1. The van der Waals surface area contributed by atoms with Crippen molar-refractivity contribution >= 4 is 11.0 Å². The smallest absolute Gasteiger partial charge is 0.339 e. The minimum absolute atomic E-state index is 0.150. The van der Waals surface area contributed by atoms with Gasteiger partial charge in [0.1, 0.15) is 24.0 Å². The molecule has 24 heavy (non-hydrogen) atoms. The molecular formula is C19H24O5. The van der Waals surface area contributed by atoms with Gasteiger partial charge in [0.2, 0.25) is 0 Å². The highest BCUT2D eigenvalue weighted by Crippen LogP contribution is 2.33. The van der Waals surface area contributed by atoms with Crippen LogP contribution >= 0.6 is 0 Å². The Bertz CT molecular complexity index is 749. The SMILES string of the molecule is CCCOCC(O)COc1cccc2oc(=O)c3c(c12)CCCC3. The molecule has 0 bridgehead atoms. The molecule has 0 saturated heterocycles. The van der Waals surface area contributed by atoms with Crippen LogP contribution in [0.2, 0.25) is 0 Å². The summed E-state index contributed by atoms with van der Waals surface area (Å²) < 4.78 is 16.6. The molecule has 0 saturated carbocycles. The lowest BCUT2D eigenvalue weighted by molar-refractivity contribution is 0.0126. The number of aliphatic hydroxyl groups is 1. The highest BCUT2D eigenvalue weighted by atomic mass is 16.5. The number of rotatable bonds is 7. The maximum Gasteiger partial charge on any atom is 0.339 e. The lowest BCUT2D eigenvalue weighted by Gasteiger charge is -2.19. The van der Waals surface area contributed by atoms with Crippen molar-refractivity contribution in [2.75, 3.05) is 19.8 Å². The second-order valence-electron chi connectivity index (χ2n) is 6.22. The van der Waals surface area contributed by atoms with Gasteiger partial charge in [0.15, 0.2) is 0 Å². The van der Waals surface area contributed by atoms with Crippen LogP contribution in [0.25, 0.3) is 11.0 Å². The fraction of sp³-hybridized carbons (Fsp3) is 0.526. The predicted molar refractivity (Wildman–Crippen MR) is 91.7 cm³/mol. The van der Waals surface area contributed by atoms with Gasteiger partial charge in [-0.2, -0.15) is 0 Å². The van der Waals surface area contributed by atoms with Crippen molar-refractivity contribution in [3.63, 3.8) is 0 Å². The summed E-state index contributed by atoms with van der Waals surface area (Å²) in [6.07, 6.45) is 3.93. The number of hydrogen-bond acceptors (Lipinski definition) is 5. The zero-order valence-corrected chi connectivity index (χ0v) is 14.0. The molecule has 0 radical (unpaired) electrons. The molecule has 1 aromatic heterocycles. The third kappa shape index (κ3) is 3.62. The van der Waals surface area contributed by atoms with Crippen LogP contribution in [0, 0.1) is 0 Å². The van der Waals surface area contributed by atoms with Crippen molar-refractivity contribution < 1.29 is 19.0 Å². The lowest BCUT2D eigenvalue weighted by atomic mass is 9.90. The van der Waals surface area contributed by atoms with E-state index in [0.29, 0.717) is 17.9 Å². The molecule has 130 valence electrons. The summed E-state index contributed by atoms with van der Waals surface area (Å²) in [5, 5.41) is 10.8. The van der Waals surface area contributed by atoms with Crippen molar-refractivity contribution in [3.8, 4) is 5.75 Å². The summed E-state index contributed by atoms with van der Waals surface area (Å²) in [7, 11) is 0. The van der Waals surface area contributed by atoms with Crippen molar-refractivity contribution in [2.45, 2.75) is 45.1 Å². The molecule has 3 rings (SSSR count). The van der Waals surface area contributed by atoms with Gasteiger partial charge in [0.25, 0.3) is 0 Å². The van der Waals surface area contributed by atoms with Gasteiger partial charge >= 0.3 is 5.63 Å². The maximum absolute atomic E-state index is 12.1. The normalized spacial score (nSPS) is 15.2. The van der Waals surface area contributed by atoms with Crippen LogP contribution in [0.5, 0.6) is 5.75 Å². The summed E-state index contributed by atoms with van der Waals surface area (Å²) >= 11 is 0. The standard InChI is InChI=1S/C19H24O5/c1-2-10-22-11-13(20)12-23-16-8-5-9-17-18(16)14-6-3-4-7-15(14)19(21)24-17/h5,8-9,13,20H,2-4,6-7,10-12H2,1H3. The Morgan fingerprint density at radius 1 is 1.21 bits per heavy atom. The van der Waals surface area contributed by atoms with E-state index in [1.54, 1.807) is 12.1 Å². The summed E-state index contributed by atoms with van der Waals surface area (Å²) in [4.78, 5) is 12.1. The van der Waals surface area contributed by atoms with Crippen molar-refractivity contribution in [1.29, 1.82) is 0 Å². The van der Waals surface area contributed by atoms with Gasteiger partial charge < -0.3 is 19.0 Å². The van der Waals surface area contributed by atoms with Crippen molar-refractivity contribution in [3.05, 3.63) is 39.7 Å². The Hall–Kier alpha value is -1.85. The minimum atomic E-state index is -0.682. The van der Waals surface area contributed by atoms with Crippen LogP contribution in [0.1, 0.15) is 37.3 Å². The fourth-order valence-corrected chi connectivity index (χ4v) is 3.18. The van der Waals surface area contributed by atoms with Crippen LogP contribution < -0.4 is 10.4 Å². The van der Waals surface area contributed by atoms with Gasteiger partial charge in [-0.3, -0.25) is 0 Å². The van der Waals surface area contributed by atoms with Gasteiger partial charge in [-0.05, 0) is 49.8 Å². The van der Waals surface area contributed by atoms with Crippen LogP contribution in [0.15, 0.2) is 27.4 Å². The first kappa shape index (κ1) is 17.0. The van der Waals surface area contributed by atoms with Gasteiger partial charge in [0, 0.05) is 12.2 Å². The van der Waals surface area contributed by atoms with E-state index in [4.69, 9.17) is 13.9 Å². The molecule has 1 atom stereocenters. The van der Waals surface area contributed by atoms with Gasteiger partial charge in [-0.1, -0.05) is 13.0 Å².